The first kappa shape index (κ1) is 17.8. The number of aliphatic hydroxyl groups excluding tert-OH is 1. The van der Waals surface area contributed by atoms with Crippen LogP contribution in [0.15, 0.2) is 12.2 Å². The van der Waals surface area contributed by atoms with Crippen LogP contribution in [-0.4, -0.2) is 43.9 Å². The lowest BCUT2D eigenvalue weighted by Crippen LogP contribution is -2.29. The SMILES string of the molecule is C[C@@H](C/C=C\[C@@H]1OC(C)(C)O[C@H]1CO)S(=O)C(C)(C)C. The lowest BCUT2D eigenvalue weighted by Gasteiger charge is -2.22. The summed E-state index contributed by atoms with van der Waals surface area (Å²) in [6, 6.07) is 0. The second kappa shape index (κ2) is 6.69. The maximum atomic E-state index is 12.2. The average Bonchev–Trinajstić information content (AvgIpc) is 2.61. The molecule has 0 radical (unpaired) electrons. The Bertz CT molecular complexity index is 371. The summed E-state index contributed by atoms with van der Waals surface area (Å²) in [5, 5.41) is 9.38. The van der Waals surface area contributed by atoms with E-state index in [1.165, 1.54) is 0 Å². The fourth-order valence-corrected chi connectivity index (χ4v) is 3.76. The van der Waals surface area contributed by atoms with E-state index >= 15 is 0 Å². The second-order valence-corrected chi connectivity index (χ2v) is 9.33. The summed E-state index contributed by atoms with van der Waals surface area (Å²) in [5.41, 5.74) is 0. The number of ether oxygens (including phenoxy) is 2. The first-order chi connectivity index (χ1) is 9.07. The normalized spacial score (nSPS) is 29.8. The molecule has 1 saturated heterocycles. The third-order valence-corrected chi connectivity index (χ3v) is 5.29. The summed E-state index contributed by atoms with van der Waals surface area (Å²) in [6.07, 6.45) is 4.04. The summed E-state index contributed by atoms with van der Waals surface area (Å²) in [6.45, 7) is 11.6. The van der Waals surface area contributed by atoms with Gasteiger partial charge in [-0.15, -0.1) is 0 Å². The van der Waals surface area contributed by atoms with E-state index in [4.69, 9.17) is 9.47 Å². The highest BCUT2D eigenvalue weighted by molar-refractivity contribution is 7.87. The third-order valence-electron chi connectivity index (χ3n) is 3.16. The van der Waals surface area contributed by atoms with Gasteiger partial charge in [0.2, 0.25) is 0 Å². The van der Waals surface area contributed by atoms with Crippen molar-refractivity contribution in [3.8, 4) is 0 Å². The van der Waals surface area contributed by atoms with Gasteiger partial charge in [-0.1, -0.05) is 19.1 Å². The topological polar surface area (TPSA) is 55.8 Å². The van der Waals surface area contributed by atoms with Gasteiger partial charge in [-0.05, 0) is 41.0 Å². The van der Waals surface area contributed by atoms with Crippen LogP contribution in [0.5, 0.6) is 0 Å². The van der Waals surface area contributed by atoms with Crippen LogP contribution in [0.2, 0.25) is 0 Å². The largest absolute Gasteiger partial charge is 0.394 e. The van der Waals surface area contributed by atoms with Crippen LogP contribution in [0.4, 0.5) is 0 Å². The zero-order valence-electron chi connectivity index (χ0n) is 13.4. The second-order valence-electron chi connectivity index (χ2n) is 6.71. The van der Waals surface area contributed by atoms with E-state index in [1.54, 1.807) is 0 Å². The molecule has 0 saturated carbocycles. The lowest BCUT2D eigenvalue weighted by molar-refractivity contribution is -0.146. The van der Waals surface area contributed by atoms with Crippen LogP contribution >= 0.6 is 0 Å². The van der Waals surface area contributed by atoms with Gasteiger partial charge < -0.3 is 14.6 Å². The first-order valence-corrected chi connectivity index (χ1v) is 8.32. The molecule has 0 aromatic heterocycles. The van der Waals surface area contributed by atoms with Crippen molar-refractivity contribution < 1.29 is 18.8 Å². The minimum absolute atomic E-state index is 0.0675. The lowest BCUT2D eigenvalue weighted by atomic mass is 10.2. The molecule has 1 unspecified atom stereocenters. The highest BCUT2D eigenvalue weighted by atomic mass is 32.2. The molecule has 0 aliphatic carbocycles. The molecule has 1 aliphatic rings. The monoisotopic (exact) mass is 304 g/mol. The predicted octanol–water partition coefficient (Wildman–Crippen LogP) is 2.38. The van der Waals surface area contributed by atoms with Crippen molar-refractivity contribution in [2.24, 2.45) is 0 Å². The van der Waals surface area contributed by atoms with Gasteiger partial charge >= 0.3 is 0 Å². The van der Waals surface area contributed by atoms with E-state index in [9.17, 15) is 9.32 Å². The molecule has 0 spiro atoms. The fraction of sp³-hybridized carbons (Fsp3) is 0.867. The van der Waals surface area contributed by atoms with Crippen LogP contribution < -0.4 is 0 Å². The van der Waals surface area contributed by atoms with Gasteiger partial charge in [-0.2, -0.15) is 0 Å². The Balaban J connectivity index is 2.55. The van der Waals surface area contributed by atoms with Crippen molar-refractivity contribution in [1.29, 1.82) is 0 Å². The minimum atomic E-state index is -0.884. The zero-order valence-corrected chi connectivity index (χ0v) is 14.2. The van der Waals surface area contributed by atoms with E-state index in [0.29, 0.717) is 0 Å². The van der Waals surface area contributed by atoms with Crippen molar-refractivity contribution in [2.75, 3.05) is 6.61 Å². The van der Waals surface area contributed by atoms with E-state index in [0.717, 1.165) is 6.42 Å². The Hall–Kier alpha value is -0.230. The molecule has 1 rings (SSSR count). The number of rotatable bonds is 5. The van der Waals surface area contributed by atoms with Crippen molar-refractivity contribution in [3.05, 3.63) is 12.2 Å². The highest BCUT2D eigenvalue weighted by Crippen LogP contribution is 2.28. The molecule has 1 N–H and O–H groups in total. The Kier molecular flexibility index (Phi) is 5.96. The molecule has 4 atom stereocenters. The summed E-state index contributed by atoms with van der Waals surface area (Å²) in [4.78, 5) is 0. The molecule has 0 bridgehead atoms. The molecule has 118 valence electrons. The van der Waals surface area contributed by atoms with E-state index in [2.05, 4.69) is 0 Å². The molecule has 20 heavy (non-hydrogen) atoms. The van der Waals surface area contributed by atoms with Crippen LogP contribution in [-0.2, 0) is 20.3 Å². The van der Waals surface area contributed by atoms with Gasteiger partial charge in [0.1, 0.15) is 12.2 Å². The fourth-order valence-electron chi connectivity index (χ4n) is 2.26. The quantitative estimate of drug-likeness (QED) is 0.792. The Labute approximate surface area is 125 Å². The Morgan fingerprint density at radius 3 is 2.45 bits per heavy atom. The summed E-state index contributed by atoms with van der Waals surface area (Å²) in [7, 11) is -0.884. The number of aliphatic hydroxyl groups is 1. The van der Waals surface area contributed by atoms with Crippen molar-refractivity contribution in [3.63, 3.8) is 0 Å². The van der Waals surface area contributed by atoms with Crippen LogP contribution in [0.25, 0.3) is 0 Å². The van der Waals surface area contributed by atoms with Crippen LogP contribution in [0.3, 0.4) is 0 Å². The van der Waals surface area contributed by atoms with Crippen LogP contribution in [0, 0.1) is 0 Å². The minimum Gasteiger partial charge on any atom is -0.394 e. The highest BCUT2D eigenvalue weighted by Gasteiger charge is 2.39. The van der Waals surface area contributed by atoms with Crippen molar-refractivity contribution in [1.82, 2.24) is 0 Å². The van der Waals surface area contributed by atoms with Crippen molar-refractivity contribution >= 4 is 10.8 Å². The van der Waals surface area contributed by atoms with E-state index in [1.807, 2.05) is 53.7 Å². The molecular formula is C15H28O4S. The molecule has 1 fully saturated rings. The summed E-state index contributed by atoms with van der Waals surface area (Å²) in [5.74, 6) is -0.664. The van der Waals surface area contributed by atoms with E-state index in [-0.39, 0.29) is 28.8 Å². The maximum absolute atomic E-state index is 12.2. The maximum Gasteiger partial charge on any atom is 0.164 e. The van der Waals surface area contributed by atoms with Gasteiger partial charge in [0.25, 0.3) is 0 Å². The molecule has 0 amide bonds. The third kappa shape index (κ3) is 4.95. The molecule has 0 aromatic rings. The molecule has 0 aromatic carbocycles. The predicted molar refractivity (Wildman–Crippen MR) is 82.0 cm³/mol. The number of allylic oxidation sites excluding steroid dienone is 1. The first-order valence-electron chi connectivity index (χ1n) is 7.10. The smallest absolute Gasteiger partial charge is 0.164 e. The van der Waals surface area contributed by atoms with Gasteiger partial charge in [0.15, 0.2) is 5.79 Å². The van der Waals surface area contributed by atoms with Crippen molar-refractivity contribution in [2.45, 2.75) is 76.0 Å². The Morgan fingerprint density at radius 2 is 1.95 bits per heavy atom. The van der Waals surface area contributed by atoms with Gasteiger partial charge in [0, 0.05) is 20.8 Å². The molecule has 1 aliphatic heterocycles. The van der Waals surface area contributed by atoms with E-state index < -0.39 is 16.6 Å². The number of hydrogen-bond donors (Lipinski definition) is 1. The van der Waals surface area contributed by atoms with Crippen LogP contribution in [0.1, 0.15) is 48.0 Å². The zero-order chi connectivity index (χ0) is 15.6. The van der Waals surface area contributed by atoms with Gasteiger partial charge in [-0.3, -0.25) is 4.21 Å². The standard InChI is InChI=1S/C15H28O4S/c1-11(20(17)14(2,3)4)8-7-9-12-13(10-16)19-15(5,6)18-12/h7,9,11-13,16H,8,10H2,1-6H3/b9-7-/t11-,12-,13-,20?/m0/s1. The summed E-state index contributed by atoms with van der Waals surface area (Å²) < 4.78 is 23.3. The molecule has 5 heteroatoms. The number of hydrogen-bond acceptors (Lipinski definition) is 4. The Morgan fingerprint density at radius 1 is 1.35 bits per heavy atom. The molecular weight excluding hydrogens is 276 g/mol. The summed E-state index contributed by atoms with van der Waals surface area (Å²) >= 11 is 0. The average molecular weight is 304 g/mol. The molecule has 4 nitrogen and oxygen atoms in total. The molecule has 1 heterocycles. The van der Waals surface area contributed by atoms with Gasteiger partial charge in [-0.25, -0.2) is 0 Å². The van der Waals surface area contributed by atoms with Gasteiger partial charge in [0.05, 0.1) is 6.61 Å².